The zero-order valence-electron chi connectivity index (χ0n) is 34.2. The van der Waals surface area contributed by atoms with Crippen molar-refractivity contribution >= 4 is 11.9 Å². The third-order valence-corrected chi connectivity index (χ3v) is 17.5. The van der Waals surface area contributed by atoms with E-state index in [2.05, 4.69) is 26.8 Å². The van der Waals surface area contributed by atoms with Crippen molar-refractivity contribution in [2.45, 2.75) is 160 Å². The Morgan fingerprint density at radius 3 is 2.16 bits per heavy atom. The van der Waals surface area contributed by atoms with Crippen molar-refractivity contribution in [2.24, 2.45) is 50.2 Å². The number of carbonyl (C=O) groups excluding carboxylic acids is 1. The summed E-state index contributed by atoms with van der Waals surface area (Å²) >= 11 is 0. The molecule has 15 heteroatoms. The average molecular weight is 811 g/mol. The number of carboxylic acids is 1. The van der Waals surface area contributed by atoms with E-state index in [1.165, 1.54) is 12.7 Å². The van der Waals surface area contributed by atoms with E-state index in [-0.39, 0.29) is 53.2 Å². The van der Waals surface area contributed by atoms with Crippen molar-refractivity contribution in [1.82, 2.24) is 0 Å². The van der Waals surface area contributed by atoms with Crippen LogP contribution in [-0.2, 0) is 33.3 Å². The molecule has 7 rings (SSSR count). The van der Waals surface area contributed by atoms with Gasteiger partial charge in [-0.15, -0.1) is 0 Å². The number of esters is 1. The first kappa shape index (κ1) is 43.3. The summed E-state index contributed by atoms with van der Waals surface area (Å²) in [5.74, 6) is -1.17. The molecule has 2 saturated heterocycles. The SMILES string of the molecule is COC(=O)C1(C)CCC2(C(=O)O)CCC3(C)C(=CCC4C5(C)CCC(OC6OC(CO)C(OC7OCC(O)C(O)C7O)C(O)C6O)C(C)(CO)C5CCC43C)C2C1. The molecule has 0 aromatic carbocycles. The maximum Gasteiger partial charge on any atom is 0.311 e. The fraction of sp³-hybridized carbons (Fsp3) is 0.905. The Morgan fingerprint density at radius 1 is 0.825 bits per heavy atom. The van der Waals surface area contributed by atoms with E-state index < -0.39 is 90.2 Å². The topological polar surface area (TPSA) is 242 Å². The van der Waals surface area contributed by atoms with Gasteiger partial charge < -0.3 is 64.5 Å². The fourth-order valence-electron chi connectivity index (χ4n) is 13.7. The number of carboxylic acid groups (broad SMARTS) is 1. The monoisotopic (exact) mass is 810 g/mol. The first-order valence-electron chi connectivity index (χ1n) is 20.9. The number of carbonyl (C=O) groups is 2. The number of rotatable bonds is 8. The van der Waals surface area contributed by atoms with Crippen molar-refractivity contribution in [1.29, 1.82) is 0 Å². The van der Waals surface area contributed by atoms with E-state index in [0.29, 0.717) is 32.1 Å². The van der Waals surface area contributed by atoms with E-state index in [4.69, 9.17) is 23.7 Å². The van der Waals surface area contributed by atoms with Crippen LogP contribution in [0.4, 0.5) is 0 Å². The van der Waals surface area contributed by atoms with Gasteiger partial charge in [0.2, 0.25) is 0 Å². The van der Waals surface area contributed by atoms with Crippen molar-refractivity contribution < 1.29 is 74.1 Å². The van der Waals surface area contributed by atoms with Crippen LogP contribution < -0.4 is 0 Å². The molecule has 0 amide bonds. The number of methoxy groups -OCH3 is 1. The van der Waals surface area contributed by atoms with Gasteiger partial charge in [0.1, 0.15) is 42.7 Å². The highest BCUT2D eigenvalue weighted by Crippen LogP contribution is 2.76. The van der Waals surface area contributed by atoms with Crippen LogP contribution in [0.3, 0.4) is 0 Å². The van der Waals surface area contributed by atoms with Gasteiger partial charge in [-0.25, -0.2) is 0 Å². The summed E-state index contributed by atoms with van der Waals surface area (Å²) in [6.45, 7) is 9.75. The van der Waals surface area contributed by atoms with E-state index in [1.54, 1.807) is 0 Å². The highest BCUT2D eigenvalue weighted by molar-refractivity contribution is 5.80. The quantitative estimate of drug-likeness (QED) is 0.0988. The van der Waals surface area contributed by atoms with Gasteiger partial charge >= 0.3 is 11.9 Å². The molecule has 0 aromatic heterocycles. The van der Waals surface area contributed by atoms with Crippen LogP contribution in [0.2, 0.25) is 0 Å². The lowest BCUT2D eigenvalue weighted by molar-refractivity contribution is -0.362. The molecule has 0 aromatic rings. The van der Waals surface area contributed by atoms with Crippen LogP contribution >= 0.6 is 0 Å². The third-order valence-electron chi connectivity index (χ3n) is 17.5. The molecule has 15 nitrogen and oxygen atoms in total. The number of allylic oxidation sites excluding steroid dienone is 2. The largest absolute Gasteiger partial charge is 0.481 e. The van der Waals surface area contributed by atoms with Gasteiger partial charge in [0.25, 0.3) is 0 Å². The van der Waals surface area contributed by atoms with Crippen molar-refractivity contribution in [3.05, 3.63) is 11.6 Å². The van der Waals surface area contributed by atoms with Crippen LogP contribution in [-0.4, -0.2) is 141 Å². The minimum Gasteiger partial charge on any atom is -0.481 e. The standard InChI is InChI=1S/C42H66O15/c1-37(36(52)53-6)13-15-42(35(50)51)16-14-40(4)21(22(42)17-37)7-8-26-38(2)11-10-27(39(3,20-44)25(38)9-12-41(26,40)5)56-34-31(49)29(47)32(24(18-43)55-34)57-33-30(48)28(46)23(45)19-54-33/h7,22-34,43-49H,8-20H2,1-6H3,(H,50,51). The predicted molar refractivity (Wildman–Crippen MR) is 200 cm³/mol. The Balaban J connectivity index is 1.12. The smallest absolute Gasteiger partial charge is 0.311 e. The van der Waals surface area contributed by atoms with E-state index >= 15 is 0 Å². The summed E-state index contributed by atoms with van der Waals surface area (Å²) in [6, 6.07) is 0. The Morgan fingerprint density at radius 2 is 1.51 bits per heavy atom. The average Bonchev–Trinajstić information content (AvgIpc) is 3.18. The van der Waals surface area contributed by atoms with Crippen LogP contribution in [0.15, 0.2) is 11.6 Å². The maximum absolute atomic E-state index is 13.2. The second-order valence-corrected chi connectivity index (χ2v) is 19.9. The molecule has 7 aliphatic rings. The zero-order chi connectivity index (χ0) is 41.7. The molecule has 5 aliphatic carbocycles. The molecule has 0 radical (unpaired) electrons. The minimum absolute atomic E-state index is 0.00790. The molecule has 0 spiro atoms. The molecule has 6 fully saturated rings. The number of aliphatic carboxylic acids is 1. The van der Waals surface area contributed by atoms with Crippen LogP contribution in [0.25, 0.3) is 0 Å². The van der Waals surface area contributed by atoms with Crippen molar-refractivity contribution in [2.75, 3.05) is 26.9 Å². The Bertz CT molecular complexity index is 1570. The zero-order valence-corrected chi connectivity index (χ0v) is 34.2. The van der Waals surface area contributed by atoms with Gasteiger partial charge in [-0.2, -0.15) is 0 Å². The first-order valence-corrected chi connectivity index (χ1v) is 20.9. The predicted octanol–water partition coefficient (Wildman–Crippen LogP) is 1.65. The highest BCUT2D eigenvalue weighted by atomic mass is 16.7. The lowest BCUT2D eigenvalue weighted by atomic mass is 9.33. The summed E-state index contributed by atoms with van der Waals surface area (Å²) in [6.07, 6.45) is -5.39. The Hall–Kier alpha value is -1.76. The first-order chi connectivity index (χ1) is 26.7. The van der Waals surface area contributed by atoms with Gasteiger partial charge in [-0.05, 0) is 105 Å². The molecule has 8 N–H and O–H groups in total. The summed E-state index contributed by atoms with van der Waals surface area (Å²) in [4.78, 5) is 26.3. The lowest BCUT2D eigenvalue weighted by Crippen LogP contribution is -2.67. The second-order valence-electron chi connectivity index (χ2n) is 19.9. The normalized spacial score (nSPS) is 53.6. The Kier molecular flexibility index (Phi) is 11.4. The van der Waals surface area contributed by atoms with E-state index in [1.807, 2.05) is 13.8 Å². The molecule has 57 heavy (non-hydrogen) atoms. The van der Waals surface area contributed by atoms with Crippen LogP contribution in [0.5, 0.6) is 0 Å². The van der Waals surface area contributed by atoms with Gasteiger partial charge in [0.05, 0.1) is 43.9 Å². The molecule has 19 atom stereocenters. The number of fused-ring (bicyclic) bond motifs is 7. The fourth-order valence-corrected chi connectivity index (χ4v) is 13.7. The molecular formula is C42H66O15. The number of aliphatic hydroxyl groups is 7. The van der Waals surface area contributed by atoms with Gasteiger partial charge in [0, 0.05) is 5.41 Å². The Labute approximate surface area is 334 Å². The number of hydrogen-bond acceptors (Lipinski definition) is 14. The molecule has 19 unspecified atom stereocenters. The molecule has 324 valence electrons. The van der Waals surface area contributed by atoms with Crippen LogP contribution in [0, 0.1) is 50.2 Å². The summed E-state index contributed by atoms with van der Waals surface area (Å²) < 4.78 is 28.8. The molecular weight excluding hydrogens is 744 g/mol. The minimum atomic E-state index is -1.66. The van der Waals surface area contributed by atoms with Crippen LogP contribution in [0.1, 0.15) is 98.8 Å². The number of ether oxygens (including phenoxy) is 5. The number of aliphatic hydroxyl groups excluding tert-OH is 7. The van der Waals surface area contributed by atoms with Gasteiger partial charge in [-0.1, -0.05) is 39.3 Å². The summed E-state index contributed by atoms with van der Waals surface area (Å²) in [5.41, 5.74) is -2.06. The summed E-state index contributed by atoms with van der Waals surface area (Å²) in [5, 5.41) is 85.2. The second kappa shape index (κ2) is 15.0. The van der Waals surface area contributed by atoms with Gasteiger partial charge in [-0.3, -0.25) is 9.59 Å². The van der Waals surface area contributed by atoms with Gasteiger partial charge in [0.15, 0.2) is 12.6 Å². The van der Waals surface area contributed by atoms with E-state index in [9.17, 15) is 50.4 Å². The highest BCUT2D eigenvalue weighted by Gasteiger charge is 2.70. The number of hydrogen-bond donors (Lipinski definition) is 8. The molecule has 2 heterocycles. The molecule has 2 aliphatic heterocycles. The molecule has 0 bridgehead atoms. The van der Waals surface area contributed by atoms with Crippen molar-refractivity contribution in [3.63, 3.8) is 0 Å². The van der Waals surface area contributed by atoms with Crippen molar-refractivity contribution in [3.8, 4) is 0 Å². The maximum atomic E-state index is 13.2. The lowest BCUT2D eigenvalue weighted by Gasteiger charge is -2.71. The van der Waals surface area contributed by atoms with E-state index in [0.717, 1.165) is 32.1 Å². The third kappa shape index (κ3) is 6.30. The summed E-state index contributed by atoms with van der Waals surface area (Å²) in [7, 11) is 1.40. The molecule has 4 saturated carbocycles.